The maximum absolute atomic E-state index is 12.3. The van der Waals surface area contributed by atoms with Gasteiger partial charge in [0.15, 0.2) is 8.32 Å². The molecule has 1 aliphatic heterocycles. The Balaban J connectivity index is 0.000000401. The van der Waals surface area contributed by atoms with E-state index >= 15 is 0 Å². The highest BCUT2D eigenvalue weighted by Crippen LogP contribution is 2.31. The summed E-state index contributed by atoms with van der Waals surface area (Å²) in [6, 6.07) is 21.3. The van der Waals surface area contributed by atoms with E-state index in [-0.39, 0.29) is 16.6 Å². The molecule has 2 aromatic carbocycles. The quantitative estimate of drug-likeness (QED) is 0.158. The van der Waals surface area contributed by atoms with E-state index in [1.54, 1.807) is 13.1 Å². The average molecular weight is 734 g/mol. The molecular formula is C36H67NO5Si5. The van der Waals surface area contributed by atoms with Gasteiger partial charge in [0.25, 0.3) is 16.4 Å². The van der Waals surface area contributed by atoms with Crippen molar-refractivity contribution in [3.8, 4) is 0 Å². The van der Waals surface area contributed by atoms with Crippen LogP contribution >= 0.6 is 0 Å². The Morgan fingerprint density at radius 1 is 0.872 bits per heavy atom. The van der Waals surface area contributed by atoms with Crippen molar-refractivity contribution in [2.45, 2.75) is 148 Å². The summed E-state index contributed by atoms with van der Waals surface area (Å²) in [6.07, 6.45) is 5.80. The lowest BCUT2D eigenvalue weighted by Crippen LogP contribution is -2.59. The second kappa shape index (κ2) is 19.4. The maximum Gasteiger partial charge on any atom is 0.286 e. The summed E-state index contributed by atoms with van der Waals surface area (Å²) in [6.45, 7) is 28.0. The van der Waals surface area contributed by atoms with Crippen LogP contribution in [0.25, 0.3) is 0 Å². The maximum atomic E-state index is 12.3. The van der Waals surface area contributed by atoms with Crippen molar-refractivity contribution < 1.29 is 22.6 Å². The van der Waals surface area contributed by atoms with Crippen molar-refractivity contribution >= 4 is 40.4 Å². The zero-order valence-corrected chi connectivity index (χ0v) is 37.0. The minimum absolute atomic E-state index is 0.0417. The topological polar surface area (TPSA) is 84.9 Å². The van der Waals surface area contributed by atoms with Gasteiger partial charge in [-0.15, -0.1) is 0 Å². The lowest BCUT2D eigenvalue weighted by atomic mass is 9.81. The van der Waals surface area contributed by atoms with Crippen LogP contribution in [-0.2, 0) is 24.2 Å². The standard InChI is InChI=1S/C17H39NO3Si3.C10H16O2Si2.C9H12/c1-16(2)13-15(14-17(3,4)18-16)20-11-10-12-24(9,22(5)19)21-23(6,7)8;1-9(14(3,12)13(2)11)10-7-5-4-6-8-10;1-2-6-9-7-4-3-5-8-9/h15,18H,10-14H2,1-9H3;4-9,12H,1-3H3;3-5,7-8H,2,6H2,1H3. The summed E-state index contributed by atoms with van der Waals surface area (Å²) in [4.78, 5) is 10.2. The third-order valence-corrected chi connectivity index (χ3v) is 31.0. The lowest BCUT2D eigenvalue weighted by Gasteiger charge is -2.46. The fraction of sp³-hybridized carbons (Fsp3) is 0.667. The van der Waals surface area contributed by atoms with Crippen LogP contribution in [0, 0.1) is 0 Å². The van der Waals surface area contributed by atoms with Crippen LogP contribution in [0.5, 0.6) is 0 Å². The molecule has 0 bridgehead atoms. The number of hydrogen-bond acceptors (Lipinski definition) is 6. The molecule has 0 aliphatic carbocycles. The van der Waals surface area contributed by atoms with E-state index in [1.165, 1.54) is 18.4 Å². The normalized spacial score (nSPS) is 19.0. The summed E-state index contributed by atoms with van der Waals surface area (Å²) in [7, 11) is -9.74. The number of piperidine rings is 1. The van der Waals surface area contributed by atoms with E-state index in [2.05, 4.69) is 96.5 Å². The van der Waals surface area contributed by atoms with Crippen molar-refractivity contribution in [1.29, 1.82) is 0 Å². The zero-order chi connectivity index (χ0) is 36.1. The first-order valence-corrected chi connectivity index (χ1v) is 31.8. The molecule has 2 aromatic rings. The summed E-state index contributed by atoms with van der Waals surface area (Å²) >= 11 is 0. The van der Waals surface area contributed by atoms with Crippen LogP contribution in [-0.4, -0.2) is 69.0 Å². The molecule has 0 amide bonds. The smallest absolute Gasteiger partial charge is 0.286 e. The summed E-state index contributed by atoms with van der Waals surface area (Å²) < 4.78 is 36.4. The minimum Gasteiger partial charge on any atom is -0.453 e. The van der Waals surface area contributed by atoms with Gasteiger partial charge in [-0.05, 0) is 116 Å². The van der Waals surface area contributed by atoms with Gasteiger partial charge < -0.3 is 27.9 Å². The lowest BCUT2D eigenvalue weighted by molar-refractivity contribution is -0.0214. The molecule has 0 saturated carbocycles. The molecule has 0 radical (unpaired) electrons. The predicted molar refractivity (Wildman–Crippen MR) is 209 cm³/mol. The van der Waals surface area contributed by atoms with E-state index in [0.717, 1.165) is 37.5 Å². The van der Waals surface area contributed by atoms with Gasteiger partial charge in [0.1, 0.15) is 0 Å². The van der Waals surface area contributed by atoms with Crippen LogP contribution in [0.1, 0.15) is 83.9 Å². The van der Waals surface area contributed by atoms with Crippen molar-refractivity contribution in [3.63, 3.8) is 0 Å². The molecule has 266 valence electrons. The molecule has 6 nitrogen and oxygen atoms in total. The van der Waals surface area contributed by atoms with Gasteiger partial charge in [0, 0.05) is 23.2 Å². The monoisotopic (exact) mass is 733 g/mol. The number of hydrogen-bond donors (Lipinski definition) is 2. The van der Waals surface area contributed by atoms with E-state index in [0.29, 0.717) is 6.10 Å². The number of benzene rings is 2. The molecule has 0 spiro atoms. The van der Waals surface area contributed by atoms with Crippen LogP contribution < -0.4 is 5.32 Å². The first-order chi connectivity index (χ1) is 21.5. The Bertz CT molecular complexity index is 1210. The van der Waals surface area contributed by atoms with Gasteiger partial charge >= 0.3 is 0 Å². The third-order valence-electron chi connectivity index (χ3n) is 8.82. The molecule has 0 aromatic heterocycles. The molecule has 3 rings (SSSR count). The largest absolute Gasteiger partial charge is 0.453 e. The van der Waals surface area contributed by atoms with E-state index in [1.807, 2.05) is 43.8 Å². The second-order valence-corrected chi connectivity index (χ2v) is 39.8. The summed E-state index contributed by atoms with van der Waals surface area (Å²) in [5.74, 6) is 0. The molecule has 1 aliphatic rings. The zero-order valence-electron chi connectivity index (χ0n) is 32.0. The molecule has 3 unspecified atom stereocenters. The van der Waals surface area contributed by atoms with Crippen molar-refractivity contribution in [2.24, 2.45) is 0 Å². The summed E-state index contributed by atoms with van der Waals surface area (Å²) in [5.41, 5.74) is 2.81. The van der Waals surface area contributed by atoms with Crippen LogP contribution in [0.3, 0.4) is 0 Å². The Hall–Kier alpha value is -1.04. The first-order valence-electron chi connectivity index (χ1n) is 17.5. The third kappa shape index (κ3) is 17.0. The fourth-order valence-electron chi connectivity index (χ4n) is 6.29. The first kappa shape index (κ1) is 44.0. The van der Waals surface area contributed by atoms with Gasteiger partial charge in [0.2, 0.25) is 15.7 Å². The highest BCUT2D eigenvalue weighted by atomic mass is 29.2. The Morgan fingerprint density at radius 3 is 1.79 bits per heavy atom. The molecule has 11 heteroatoms. The minimum atomic E-state index is -2.58. The SMILES string of the molecule is CC(c1ccccc1)[Si](C)(O)[Si](C)=O.CCCc1ccccc1.C[Si](=O)[Si](C)(CCCOC1CC(C)(C)NC(C)(C)C1)O[Si](C)(C)C. The van der Waals surface area contributed by atoms with Crippen LogP contribution in [0.15, 0.2) is 60.7 Å². The molecule has 47 heavy (non-hydrogen) atoms. The highest BCUT2D eigenvalue weighted by molar-refractivity contribution is 7.25. The van der Waals surface area contributed by atoms with Gasteiger partial charge in [0.05, 0.1) is 6.10 Å². The number of nitrogens with one attached hydrogen (secondary N) is 1. The van der Waals surface area contributed by atoms with Gasteiger partial charge in [-0.3, -0.25) is 0 Å². The Labute approximate surface area is 293 Å². The molecule has 1 fully saturated rings. The number of ether oxygens (including phenoxy) is 1. The van der Waals surface area contributed by atoms with Gasteiger partial charge in [-0.1, -0.05) is 80.9 Å². The number of aryl methyl sites for hydroxylation is 1. The molecule has 2 N–H and O–H groups in total. The van der Waals surface area contributed by atoms with Gasteiger partial charge in [-0.2, -0.15) is 0 Å². The van der Waals surface area contributed by atoms with Crippen molar-refractivity contribution in [1.82, 2.24) is 5.32 Å². The predicted octanol–water partition coefficient (Wildman–Crippen LogP) is 8.93. The van der Waals surface area contributed by atoms with E-state index in [9.17, 15) is 13.7 Å². The summed E-state index contributed by atoms with van der Waals surface area (Å²) in [5, 5.41) is 3.69. The van der Waals surface area contributed by atoms with Crippen LogP contribution in [0.2, 0.25) is 51.9 Å². The second-order valence-electron chi connectivity index (χ2n) is 16.0. The molecule has 1 heterocycles. The van der Waals surface area contributed by atoms with E-state index < -0.39 is 40.4 Å². The Kier molecular flexibility index (Phi) is 18.1. The van der Waals surface area contributed by atoms with Crippen molar-refractivity contribution in [3.05, 3.63) is 71.8 Å². The fourth-order valence-corrected chi connectivity index (χ4v) is 23.3. The molecule has 1 saturated heterocycles. The Morgan fingerprint density at radius 2 is 1.36 bits per heavy atom. The molecule has 3 atom stereocenters. The average Bonchev–Trinajstić information content (AvgIpc) is 2.94. The van der Waals surface area contributed by atoms with Crippen LogP contribution in [0.4, 0.5) is 0 Å². The van der Waals surface area contributed by atoms with E-state index in [4.69, 9.17) is 8.85 Å². The highest BCUT2D eigenvalue weighted by Gasteiger charge is 2.41. The molecular weight excluding hydrogens is 667 g/mol. The number of rotatable bonds is 13. The van der Waals surface area contributed by atoms with Crippen molar-refractivity contribution in [2.75, 3.05) is 6.61 Å². The van der Waals surface area contributed by atoms with Gasteiger partial charge in [-0.25, -0.2) is 0 Å².